The van der Waals surface area contributed by atoms with E-state index in [1.54, 1.807) is 6.26 Å². The summed E-state index contributed by atoms with van der Waals surface area (Å²) in [5, 5.41) is 7.16. The first-order chi connectivity index (χ1) is 8.84. The molecule has 1 aromatic heterocycles. The van der Waals surface area contributed by atoms with E-state index in [1.807, 2.05) is 36.0 Å². The van der Waals surface area contributed by atoms with Crippen molar-refractivity contribution in [2.45, 2.75) is 6.04 Å². The molecular weight excluding hydrogens is 248 g/mol. The van der Waals surface area contributed by atoms with Gasteiger partial charge in [-0.15, -0.1) is 11.8 Å². The lowest BCUT2D eigenvalue weighted by molar-refractivity contribution is 0.0952. The van der Waals surface area contributed by atoms with E-state index in [2.05, 4.69) is 10.6 Å². The van der Waals surface area contributed by atoms with Gasteiger partial charge in [-0.2, -0.15) is 0 Å². The quantitative estimate of drug-likeness (QED) is 0.886. The third-order valence-electron chi connectivity index (χ3n) is 3.04. The van der Waals surface area contributed by atoms with Crippen LogP contribution >= 0.6 is 11.8 Å². The monoisotopic (exact) mass is 262 g/mol. The Morgan fingerprint density at radius 3 is 3.28 bits per heavy atom. The Kier molecular flexibility index (Phi) is 3.25. The molecule has 2 heterocycles. The zero-order valence-corrected chi connectivity index (χ0v) is 10.6. The van der Waals surface area contributed by atoms with E-state index in [9.17, 15) is 4.79 Å². The molecule has 0 radical (unpaired) electrons. The molecule has 1 aromatic carbocycles. The van der Waals surface area contributed by atoms with Crippen LogP contribution in [0.3, 0.4) is 0 Å². The van der Waals surface area contributed by atoms with Crippen molar-refractivity contribution < 1.29 is 9.21 Å². The number of thioether (sulfide) groups is 1. The number of fused-ring (bicyclic) bond motifs is 1. The molecule has 0 unspecified atom stereocenters. The van der Waals surface area contributed by atoms with Crippen LogP contribution in [-0.2, 0) is 0 Å². The largest absolute Gasteiger partial charge is 0.464 e. The van der Waals surface area contributed by atoms with Crippen molar-refractivity contribution in [3.05, 3.63) is 36.1 Å². The predicted molar refractivity (Wildman–Crippen MR) is 72.8 cm³/mol. The highest BCUT2D eigenvalue weighted by molar-refractivity contribution is 7.99. The first-order valence-corrected chi connectivity index (χ1v) is 7.05. The summed E-state index contributed by atoms with van der Waals surface area (Å²) in [6, 6.07) is 7.73. The van der Waals surface area contributed by atoms with Crippen molar-refractivity contribution in [1.82, 2.24) is 10.6 Å². The Bertz CT molecular complexity index is 561. The molecule has 5 heteroatoms. The molecule has 94 valence electrons. The van der Waals surface area contributed by atoms with Gasteiger partial charge >= 0.3 is 0 Å². The number of hydrogen-bond donors (Lipinski definition) is 2. The average molecular weight is 262 g/mol. The molecule has 18 heavy (non-hydrogen) atoms. The van der Waals surface area contributed by atoms with Crippen LogP contribution in [0.15, 0.2) is 34.9 Å². The molecule has 1 atom stereocenters. The number of benzene rings is 1. The zero-order valence-electron chi connectivity index (χ0n) is 9.81. The van der Waals surface area contributed by atoms with Gasteiger partial charge in [-0.3, -0.25) is 4.79 Å². The lowest BCUT2D eigenvalue weighted by Gasteiger charge is -2.11. The topological polar surface area (TPSA) is 54.3 Å². The standard InChI is InChI=1S/C13H14N2O2S/c16-13(14-6-9-7-18-8-15-9)11-2-1-3-12-10(11)4-5-17-12/h1-5,9,15H,6-8H2,(H,14,16)/t9-/m1/s1. The van der Waals surface area contributed by atoms with E-state index in [0.717, 1.165) is 22.6 Å². The second kappa shape index (κ2) is 5.04. The van der Waals surface area contributed by atoms with Crippen LogP contribution in [0.1, 0.15) is 10.4 Å². The highest BCUT2D eigenvalue weighted by atomic mass is 32.2. The fraction of sp³-hybridized carbons (Fsp3) is 0.308. The van der Waals surface area contributed by atoms with Crippen molar-refractivity contribution >= 4 is 28.6 Å². The number of nitrogens with one attached hydrogen (secondary N) is 2. The van der Waals surface area contributed by atoms with Gasteiger partial charge in [0, 0.05) is 29.6 Å². The van der Waals surface area contributed by atoms with Crippen LogP contribution in [0.5, 0.6) is 0 Å². The van der Waals surface area contributed by atoms with Gasteiger partial charge in [-0.1, -0.05) is 6.07 Å². The van der Waals surface area contributed by atoms with Crippen LogP contribution in [0.25, 0.3) is 11.0 Å². The number of carbonyl (C=O) groups is 1. The number of amides is 1. The highest BCUT2D eigenvalue weighted by Crippen LogP contribution is 2.19. The van der Waals surface area contributed by atoms with Crippen LogP contribution in [0.4, 0.5) is 0 Å². The minimum atomic E-state index is -0.0410. The predicted octanol–water partition coefficient (Wildman–Crippen LogP) is 1.83. The summed E-state index contributed by atoms with van der Waals surface area (Å²) in [4.78, 5) is 12.1. The first kappa shape index (κ1) is 11.6. The maximum absolute atomic E-state index is 12.1. The van der Waals surface area contributed by atoms with E-state index < -0.39 is 0 Å². The van der Waals surface area contributed by atoms with Crippen LogP contribution in [0.2, 0.25) is 0 Å². The lowest BCUT2D eigenvalue weighted by atomic mass is 10.1. The second-order valence-electron chi connectivity index (χ2n) is 4.26. The molecule has 0 aliphatic carbocycles. The third kappa shape index (κ3) is 2.23. The molecule has 3 rings (SSSR count). The fourth-order valence-corrected chi connectivity index (χ4v) is 3.06. The number of hydrogen-bond acceptors (Lipinski definition) is 4. The Hall–Kier alpha value is -1.46. The van der Waals surface area contributed by atoms with Gasteiger partial charge in [0.05, 0.1) is 11.8 Å². The molecule has 1 fully saturated rings. The molecule has 0 saturated carbocycles. The average Bonchev–Trinajstić information content (AvgIpc) is 3.05. The summed E-state index contributed by atoms with van der Waals surface area (Å²) in [7, 11) is 0. The van der Waals surface area contributed by atoms with E-state index >= 15 is 0 Å². The molecule has 1 saturated heterocycles. The summed E-state index contributed by atoms with van der Waals surface area (Å²) in [5.41, 5.74) is 1.42. The van der Waals surface area contributed by atoms with Crippen molar-refractivity contribution in [3.63, 3.8) is 0 Å². The maximum Gasteiger partial charge on any atom is 0.252 e. The van der Waals surface area contributed by atoms with Gasteiger partial charge in [-0.05, 0) is 18.2 Å². The summed E-state index contributed by atoms with van der Waals surface area (Å²) < 4.78 is 5.29. The third-order valence-corrected chi connectivity index (χ3v) is 4.05. The van der Waals surface area contributed by atoms with Gasteiger partial charge in [0.2, 0.25) is 0 Å². The summed E-state index contributed by atoms with van der Waals surface area (Å²) in [5.74, 6) is 1.98. The van der Waals surface area contributed by atoms with E-state index in [4.69, 9.17) is 4.42 Å². The minimum absolute atomic E-state index is 0.0410. The van der Waals surface area contributed by atoms with Gasteiger partial charge in [-0.25, -0.2) is 0 Å². The Morgan fingerprint density at radius 1 is 1.50 bits per heavy atom. The van der Waals surface area contributed by atoms with Gasteiger partial charge < -0.3 is 15.1 Å². The zero-order chi connectivity index (χ0) is 12.4. The molecule has 0 bridgehead atoms. The summed E-state index contributed by atoms with van der Waals surface area (Å²) in [6.07, 6.45) is 1.61. The fourth-order valence-electron chi connectivity index (χ4n) is 2.07. The Labute approximate surface area is 109 Å². The molecule has 1 aliphatic heterocycles. The summed E-state index contributed by atoms with van der Waals surface area (Å²) in [6.45, 7) is 0.667. The number of carbonyl (C=O) groups excluding carboxylic acids is 1. The highest BCUT2D eigenvalue weighted by Gasteiger charge is 2.16. The molecule has 1 aliphatic rings. The van der Waals surface area contributed by atoms with E-state index in [1.165, 1.54) is 0 Å². The normalized spacial score (nSPS) is 19.2. The van der Waals surface area contributed by atoms with E-state index in [0.29, 0.717) is 18.2 Å². The lowest BCUT2D eigenvalue weighted by Crippen LogP contribution is -2.38. The Balaban J connectivity index is 1.73. The van der Waals surface area contributed by atoms with Crippen molar-refractivity contribution in [2.75, 3.05) is 18.2 Å². The van der Waals surface area contributed by atoms with Gasteiger partial charge in [0.25, 0.3) is 5.91 Å². The smallest absolute Gasteiger partial charge is 0.252 e. The molecule has 4 nitrogen and oxygen atoms in total. The van der Waals surface area contributed by atoms with Crippen LogP contribution in [0, 0.1) is 0 Å². The Morgan fingerprint density at radius 2 is 2.44 bits per heavy atom. The van der Waals surface area contributed by atoms with Crippen molar-refractivity contribution in [2.24, 2.45) is 0 Å². The van der Waals surface area contributed by atoms with E-state index in [-0.39, 0.29) is 5.91 Å². The van der Waals surface area contributed by atoms with Gasteiger partial charge in [0.15, 0.2) is 0 Å². The van der Waals surface area contributed by atoms with Crippen LogP contribution < -0.4 is 10.6 Å². The first-order valence-electron chi connectivity index (χ1n) is 5.90. The molecular formula is C13H14N2O2S. The molecule has 2 N–H and O–H groups in total. The molecule has 0 spiro atoms. The van der Waals surface area contributed by atoms with Crippen molar-refractivity contribution in [3.8, 4) is 0 Å². The minimum Gasteiger partial charge on any atom is -0.464 e. The van der Waals surface area contributed by atoms with Crippen LogP contribution in [-0.4, -0.2) is 30.1 Å². The number of furan rings is 1. The second-order valence-corrected chi connectivity index (χ2v) is 5.29. The molecule has 2 aromatic rings. The van der Waals surface area contributed by atoms with Gasteiger partial charge in [0.1, 0.15) is 5.58 Å². The summed E-state index contributed by atoms with van der Waals surface area (Å²) >= 11 is 1.86. The molecule has 1 amide bonds. The van der Waals surface area contributed by atoms with Crippen molar-refractivity contribution in [1.29, 1.82) is 0 Å². The SMILES string of the molecule is O=C(NC[C@@H]1CSCN1)c1cccc2occc12. The maximum atomic E-state index is 12.1. The number of rotatable bonds is 3.